The summed E-state index contributed by atoms with van der Waals surface area (Å²) in [4.78, 5) is 27.0. The summed E-state index contributed by atoms with van der Waals surface area (Å²) in [7, 11) is 0. The Morgan fingerprint density at radius 2 is 1.79 bits per heavy atom. The molecule has 0 saturated carbocycles. The zero-order valence-corrected chi connectivity index (χ0v) is 19.5. The average molecular weight is 562 g/mol. The number of benzene rings is 2. The fourth-order valence-electron chi connectivity index (χ4n) is 3.03. The van der Waals surface area contributed by atoms with E-state index in [0.29, 0.717) is 10.0 Å². The zero-order valence-electron chi connectivity index (χ0n) is 16.4. The molecule has 33 heavy (non-hydrogen) atoms. The second-order valence-electron chi connectivity index (χ2n) is 6.82. The number of carbonyl (C=O) groups is 1. The van der Waals surface area contributed by atoms with Crippen LogP contribution in [0.1, 0.15) is 27.4 Å². The van der Waals surface area contributed by atoms with Crippen molar-refractivity contribution in [2.24, 2.45) is 5.73 Å². The van der Waals surface area contributed by atoms with Crippen LogP contribution in [0.5, 0.6) is 0 Å². The Bertz CT molecular complexity index is 1300. The van der Waals surface area contributed by atoms with Crippen LogP contribution < -0.4 is 17.2 Å². The van der Waals surface area contributed by atoms with Gasteiger partial charge in [0.1, 0.15) is 5.82 Å². The number of alkyl halides is 3. The number of primary amides is 1. The van der Waals surface area contributed by atoms with Crippen molar-refractivity contribution in [2.45, 2.75) is 12.1 Å². The van der Waals surface area contributed by atoms with E-state index in [0.717, 1.165) is 22.8 Å². The van der Waals surface area contributed by atoms with Crippen LogP contribution in [-0.4, -0.2) is 21.6 Å². The van der Waals surface area contributed by atoms with Gasteiger partial charge in [0.05, 0.1) is 27.2 Å². The molecule has 2 aromatic carbocycles. The minimum Gasteiger partial charge on any atom is -0.383 e. The second-order valence-corrected chi connectivity index (χ2v) is 8.49. The number of nitrogens with two attached hydrogens (primary N) is 2. The molecule has 1 unspecified atom stereocenters. The van der Waals surface area contributed by atoms with Crippen molar-refractivity contribution in [2.75, 3.05) is 5.73 Å². The summed E-state index contributed by atoms with van der Waals surface area (Å²) < 4.78 is 42.9. The lowest BCUT2D eigenvalue weighted by Crippen LogP contribution is -2.23. The number of hydrogen-bond donors (Lipinski definition) is 2. The van der Waals surface area contributed by atoms with Crippen molar-refractivity contribution in [1.82, 2.24) is 9.55 Å². The molecule has 0 radical (unpaired) electrons. The molecule has 1 heterocycles. The summed E-state index contributed by atoms with van der Waals surface area (Å²) in [5.41, 5.74) is 10.2. The number of nitrogen functional groups attached to an aromatic ring is 1. The minimum absolute atomic E-state index is 0.0181. The third-order valence-electron chi connectivity index (χ3n) is 4.56. The summed E-state index contributed by atoms with van der Waals surface area (Å²) >= 11 is 15.6. The van der Waals surface area contributed by atoms with Gasteiger partial charge in [-0.3, -0.25) is 9.36 Å². The van der Waals surface area contributed by atoms with E-state index in [4.69, 9.17) is 34.7 Å². The number of nitrogens with zero attached hydrogens (tertiary/aromatic N) is 2. The Balaban J connectivity index is 2.03. The molecule has 0 aliphatic carbocycles. The summed E-state index contributed by atoms with van der Waals surface area (Å²) in [5, 5.41) is -0.357. The molecule has 0 saturated heterocycles. The highest BCUT2D eigenvalue weighted by atomic mass is 79.9. The third-order valence-corrected chi connectivity index (χ3v) is 5.79. The van der Waals surface area contributed by atoms with Gasteiger partial charge >= 0.3 is 11.9 Å². The van der Waals surface area contributed by atoms with E-state index in [2.05, 4.69) is 20.9 Å². The SMILES string of the molecule is NC(=O)c1ccc(/C=C/C(c2cc(Cl)c(-n3ccc(N)nc3=O)c(Cl)c2)C(F)(F)F)cc1Br. The molecule has 3 rings (SSSR count). The van der Waals surface area contributed by atoms with Crippen molar-refractivity contribution >= 4 is 56.9 Å². The van der Waals surface area contributed by atoms with Crippen LogP contribution in [-0.2, 0) is 0 Å². The van der Waals surface area contributed by atoms with Gasteiger partial charge in [0.25, 0.3) is 0 Å². The number of hydrogen-bond acceptors (Lipinski definition) is 4. The van der Waals surface area contributed by atoms with Gasteiger partial charge < -0.3 is 11.5 Å². The van der Waals surface area contributed by atoms with Gasteiger partial charge in [-0.25, -0.2) is 4.79 Å². The van der Waals surface area contributed by atoms with Crippen LogP contribution in [0, 0.1) is 0 Å². The van der Waals surface area contributed by atoms with Gasteiger partial charge in [-0.2, -0.15) is 18.2 Å². The predicted octanol–water partition coefficient (Wildman–Crippen LogP) is 5.34. The summed E-state index contributed by atoms with van der Waals surface area (Å²) in [6, 6.07) is 7.81. The number of anilines is 1. The third kappa shape index (κ3) is 5.58. The highest BCUT2D eigenvalue weighted by molar-refractivity contribution is 9.10. The molecule has 0 spiro atoms. The molecule has 0 aliphatic heterocycles. The lowest BCUT2D eigenvalue weighted by Gasteiger charge is -2.19. The van der Waals surface area contributed by atoms with Crippen LogP contribution in [0.2, 0.25) is 10.0 Å². The predicted molar refractivity (Wildman–Crippen MR) is 125 cm³/mol. The molecular formula is C21H14BrCl2F3N4O2. The molecule has 1 atom stereocenters. The molecular weight excluding hydrogens is 548 g/mol. The number of amides is 1. The molecule has 0 fully saturated rings. The van der Waals surface area contributed by atoms with Crippen LogP contribution >= 0.6 is 39.1 Å². The number of aromatic nitrogens is 2. The fraction of sp³-hybridized carbons (Fsp3) is 0.0952. The molecule has 12 heteroatoms. The first-order valence-electron chi connectivity index (χ1n) is 9.07. The van der Waals surface area contributed by atoms with E-state index < -0.39 is 23.7 Å². The van der Waals surface area contributed by atoms with Gasteiger partial charge in [0.15, 0.2) is 0 Å². The Kier molecular flexibility index (Phi) is 7.20. The minimum atomic E-state index is -4.67. The standard InChI is InChI=1S/C21H14BrCl2F3N4O2/c22-14-7-10(1-3-12(14)19(29)32)2-4-13(21(25,26)27)11-8-15(23)18(16(24)9-11)31-6-5-17(28)30-20(31)33/h1-9,13H,(H2,29,32)(H2,28,30,33)/b4-2+. The van der Waals surface area contributed by atoms with Gasteiger partial charge in [-0.1, -0.05) is 41.4 Å². The lowest BCUT2D eigenvalue weighted by molar-refractivity contribution is -0.139. The highest BCUT2D eigenvalue weighted by Crippen LogP contribution is 2.40. The molecule has 0 aliphatic rings. The Morgan fingerprint density at radius 1 is 1.15 bits per heavy atom. The van der Waals surface area contributed by atoms with Crippen molar-refractivity contribution in [3.05, 3.63) is 90.4 Å². The normalized spacial score (nSPS) is 12.8. The maximum absolute atomic E-state index is 13.9. The summed E-state index contributed by atoms with van der Waals surface area (Å²) in [5.74, 6) is -2.76. The fourth-order valence-corrected chi connectivity index (χ4v) is 4.31. The van der Waals surface area contributed by atoms with Gasteiger partial charge in [-0.15, -0.1) is 0 Å². The molecule has 1 aromatic heterocycles. The van der Waals surface area contributed by atoms with Crippen LogP contribution in [0.3, 0.4) is 0 Å². The van der Waals surface area contributed by atoms with E-state index >= 15 is 0 Å². The first-order chi connectivity index (χ1) is 15.4. The highest BCUT2D eigenvalue weighted by Gasteiger charge is 2.39. The maximum Gasteiger partial charge on any atom is 0.399 e. The average Bonchev–Trinajstić information content (AvgIpc) is 2.68. The zero-order chi connectivity index (χ0) is 24.5. The Hall–Kier alpha value is -2.82. The molecule has 4 N–H and O–H groups in total. The molecule has 172 valence electrons. The molecule has 3 aromatic rings. The molecule has 1 amide bonds. The topological polar surface area (TPSA) is 104 Å². The van der Waals surface area contributed by atoms with Crippen molar-refractivity contribution in [3.63, 3.8) is 0 Å². The van der Waals surface area contributed by atoms with E-state index in [1.807, 2.05) is 0 Å². The van der Waals surface area contributed by atoms with Crippen LogP contribution in [0.4, 0.5) is 19.0 Å². The molecule has 0 bridgehead atoms. The Morgan fingerprint density at radius 3 is 2.30 bits per heavy atom. The van der Waals surface area contributed by atoms with E-state index in [1.165, 1.54) is 36.5 Å². The second kappa shape index (κ2) is 9.58. The van der Waals surface area contributed by atoms with E-state index in [9.17, 15) is 22.8 Å². The number of allylic oxidation sites excluding steroid dienone is 1. The van der Waals surface area contributed by atoms with Gasteiger partial charge in [-0.05, 0) is 57.4 Å². The van der Waals surface area contributed by atoms with Crippen molar-refractivity contribution in [1.29, 1.82) is 0 Å². The first-order valence-corrected chi connectivity index (χ1v) is 10.6. The number of carbonyl (C=O) groups excluding carboxylic acids is 1. The van der Waals surface area contributed by atoms with E-state index in [1.54, 1.807) is 0 Å². The molecule has 6 nitrogen and oxygen atoms in total. The maximum atomic E-state index is 13.9. The monoisotopic (exact) mass is 560 g/mol. The lowest BCUT2D eigenvalue weighted by atomic mass is 9.96. The summed E-state index contributed by atoms with van der Waals surface area (Å²) in [6.45, 7) is 0. The van der Waals surface area contributed by atoms with Gasteiger partial charge in [0.2, 0.25) is 5.91 Å². The quantitative estimate of drug-likeness (QED) is 0.438. The first kappa shape index (κ1) is 24.8. The summed E-state index contributed by atoms with van der Waals surface area (Å²) in [6.07, 6.45) is -1.22. The van der Waals surface area contributed by atoms with Crippen molar-refractivity contribution in [3.8, 4) is 5.69 Å². The largest absolute Gasteiger partial charge is 0.399 e. The van der Waals surface area contributed by atoms with Crippen LogP contribution in [0.25, 0.3) is 11.8 Å². The number of rotatable bonds is 5. The smallest absolute Gasteiger partial charge is 0.383 e. The van der Waals surface area contributed by atoms with Crippen LogP contribution in [0.15, 0.2) is 57.9 Å². The number of halogens is 6. The van der Waals surface area contributed by atoms with Crippen molar-refractivity contribution < 1.29 is 18.0 Å². The Labute approximate surface area is 203 Å². The van der Waals surface area contributed by atoms with Gasteiger partial charge in [0, 0.05) is 10.7 Å². The van der Waals surface area contributed by atoms with E-state index in [-0.39, 0.29) is 32.7 Å².